The Bertz CT molecular complexity index is 522. The highest BCUT2D eigenvalue weighted by Gasteiger charge is 2.18. The Morgan fingerprint density at radius 2 is 2.20 bits per heavy atom. The molecule has 1 amide bonds. The van der Waals surface area contributed by atoms with Gasteiger partial charge < -0.3 is 5.32 Å². The van der Waals surface area contributed by atoms with Crippen molar-refractivity contribution in [3.8, 4) is 0 Å². The van der Waals surface area contributed by atoms with E-state index in [1.54, 1.807) is 23.3 Å². The third kappa shape index (κ3) is 3.91. The predicted molar refractivity (Wildman–Crippen MR) is 76.8 cm³/mol. The topological polar surface area (TPSA) is 59.8 Å². The van der Waals surface area contributed by atoms with Crippen LogP contribution in [0.4, 0.5) is 0 Å². The standard InChI is InChI=1S/C15H20N4O/c1-12(2)15(13-5-3-7-16-11-13)18-14(20)6-10-19-9-4-8-17-19/h3-5,7-9,11-12,15H,6,10H2,1-2H3,(H,18,20). The van der Waals surface area contributed by atoms with Gasteiger partial charge in [-0.05, 0) is 23.6 Å². The summed E-state index contributed by atoms with van der Waals surface area (Å²) in [5.41, 5.74) is 1.04. The maximum absolute atomic E-state index is 12.1. The summed E-state index contributed by atoms with van der Waals surface area (Å²) >= 11 is 0. The monoisotopic (exact) mass is 272 g/mol. The van der Waals surface area contributed by atoms with Crippen LogP contribution in [0.15, 0.2) is 43.0 Å². The molecular weight excluding hydrogens is 252 g/mol. The number of carbonyl (C=O) groups is 1. The van der Waals surface area contributed by atoms with Crippen LogP contribution in [-0.2, 0) is 11.3 Å². The Balaban J connectivity index is 1.93. The molecule has 20 heavy (non-hydrogen) atoms. The first kappa shape index (κ1) is 14.2. The van der Waals surface area contributed by atoms with Crippen LogP contribution < -0.4 is 5.32 Å². The van der Waals surface area contributed by atoms with E-state index in [1.807, 2.05) is 24.4 Å². The van der Waals surface area contributed by atoms with Crippen molar-refractivity contribution in [2.75, 3.05) is 0 Å². The fourth-order valence-corrected chi connectivity index (χ4v) is 2.09. The second-order valence-electron chi connectivity index (χ2n) is 5.09. The SMILES string of the molecule is CC(C)C(NC(=O)CCn1cccn1)c1cccnc1. The lowest BCUT2D eigenvalue weighted by atomic mass is 9.97. The van der Waals surface area contributed by atoms with Gasteiger partial charge in [0.2, 0.25) is 5.91 Å². The average Bonchev–Trinajstić information content (AvgIpc) is 2.96. The highest BCUT2D eigenvalue weighted by molar-refractivity contribution is 5.76. The van der Waals surface area contributed by atoms with Crippen LogP contribution in [0, 0.1) is 5.92 Å². The molecule has 2 aromatic heterocycles. The molecule has 5 heteroatoms. The number of hydrogen-bond acceptors (Lipinski definition) is 3. The van der Waals surface area contributed by atoms with Gasteiger partial charge in [0.15, 0.2) is 0 Å². The molecule has 0 aliphatic heterocycles. The van der Waals surface area contributed by atoms with Crippen molar-refractivity contribution in [1.82, 2.24) is 20.1 Å². The van der Waals surface area contributed by atoms with Gasteiger partial charge in [0.25, 0.3) is 0 Å². The fraction of sp³-hybridized carbons (Fsp3) is 0.400. The number of amides is 1. The Labute approximate surface area is 119 Å². The molecule has 5 nitrogen and oxygen atoms in total. The van der Waals surface area contributed by atoms with Crippen LogP contribution in [0.2, 0.25) is 0 Å². The first-order chi connectivity index (χ1) is 9.66. The molecule has 106 valence electrons. The third-order valence-corrected chi connectivity index (χ3v) is 3.15. The van der Waals surface area contributed by atoms with Crippen LogP contribution in [-0.4, -0.2) is 20.7 Å². The highest BCUT2D eigenvalue weighted by atomic mass is 16.1. The maximum Gasteiger partial charge on any atom is 0.222 e. The molecule has 1 N–H and O–H groups in total. The van der Waals surface area contributed by atoms with Crippen molar-refractivity contribution < 1.29 is 4.79 Å². The quantitative estimate of drug-likeness (QED) is 0.876. The summed E-state index contributed by atoms with van der Waals surface area (Å²) < 4.78 is 1.76. The minimum atomic E-state index is -0.00572. The molecule has 0 bridgehead atoms. The molecule has 0 radical (unpaired) electrons. The zero-order valence-electron chi connectivity index (χ0n) is 11.9. The van der Waals surface area contributed by atoms with Crippen molar-refractivity contribution in [3.05, 3.63) is 48.5 Å². The fourth-order valence-electron chi connectivity index (χ4n) is 2.09. The summed E-state index contributed by atoms with van der Waals surface area (Å²) in [7, 11) is 0. The van der Waals surface area contributed by atoms with Crippen LogP contribution in [0.25, 0.3) is 0 Å². The van der Waals surface area contributed by atoms with Crippen molar-refractivity contribution in [2.45, 2.75) is 32.9 Å². The summed E-state index contributed by atoms with van der Waals surface area (Å²) in [4.78, 5) is 16.2. The number of pyridine rings is 1. The Kier molecular flexibility index (Phi) is 4.87. The molecule has 0 aromatic carbocycles. The Morgan fingerprint density at radius 1 is 1.35 bits per heavy atom. The smallest absolute Gasteiger partial charge is 0.222 e. The molecule has 0 aliphatic rings. The summed E-state index contributed by atoms with van der Waals surface area (Å²) in [5, 5.41) is 7.16. The van der Waals surface area contributed by atoms with Crippen LogP contribution in [0.5, 0.6) is 0 Å². The van der Waals surface area contributed by atoms with Gasteiger partial charge in [-0.3, -0.25) is 14.5 Å². The van der Waals surface area contributed by atoms with Gasteiger partial charge in [-0.15, -0.1) is 0 Å². The summed E-state index contributed by atoms with van der Waals surface area (Å²) in [6.07, 6.45) is 7.53. The lowest BCUT2D eigenvalue weighted by Gasteiger charge is -2.22. The zero-order chi connectivity index (χ0) is 14.4. The predicted octanol–water partition coefficient (Wildman–Crippen LogP) is 2.18. The zero-order valence-corrected chi connectivity index (χ0v) is 11.9. The van der Waals surface area contributed by atoms with Gasteiger partial charge in [0, 0.05) is 37.8 Å². The molecule has 0 saturated heterocycles. The van der Waals surface area contributed by atoms with E-state index in [0.29, 0.717) is 18.9 Å². The summed E-state index contributed by atoms with van der Waals surface area (Å²) in [6, 6.07) is 5.73. The maximum atomic E-state index is 12.1. The van der Waals surface area contributed by atoms with E-state index in [2.05, 4.69) is 29.2 Å². The molecule has 1 atom stereocenters. The number of hydrogen-bond donors (Lipinski definition) is 1. The second-order valence-corrected chi connectivity index (χ2v) is 5.09. The number of rotatable bonds is 6. The van der Waals surface area contributed by atoms with E-state index in [0.717, 1.165) is 5.56 Å². The van der Waals surface area contributed by atoms with Crippen molar-refractivity contribution in [2.24, 2.45) is 5.92 Å². The highest BCUT2D eigenvalue weighted by Crippen LogP contribution is 2.20. The van der Waals surface area contributed by atoms with Gasteiger partial charge in [-0.2, -0.15) is 5.10 Å². The van der Waals surface area contributed by atoms with Crippen molar-refractivity contribution in [3.63, 3.8) is 0 Å². The minimum Gasteiger partial charge on any atom is -0.349 e. The Morgan fingerprint density at radius 3 is 2.80 bits per heavy atom. The normalized spacial score (nSPS) is 12.3. The van der Waals surface area contributed by atoms with E-state index in [9.17, 15) is 4.79 Å². The first-order valence-electron chi connectivity index (χ1n) is 6.83. The van der Waals surface area contributed by atoms with Gasteiger partial charge in [0.1, 0.15) is 0 Å². The van der Waals surface area contributed by atoms with Crippen molar-refractivity contribution in [1.29, 1.82) is 0 Å². The average molecular weight is 272 g/mol. The van der Waals surface area contributed by atoms with Crippen LogP contribution in [0.1, 0.15) is 31.9 Å². The van der Waals surface area contributed by atoms with Gasteiger partial charge >= 0.3 is 0 Å². The van der Waals surface area contributed by atoms with E-state index in [-0.39, 0.29) is 11.9 Å². The number of nitrogens with zero attached hydrogens (tertiary/aromatic N) is 3. The van der Waals surface area contributed by atoms with Gasteiger partial charge in [-0.25, -0.2) is 0 Å². The third-order valence-electron chi connectivity index (χ3n) is 3.15. The number of carbonyl (C=O) groups excluding carboxylic acids is 1. The van der Waals surface area contributed by atoms with E-state index >= 15 is 0 Å². The molecule has 2 aromatic rings. The van der Waals surface area contributed by atoms with E-state index < -0.39 is 0 Å². The van der Waals surface area contributed by atoms with Crippen LogP contribution in [0.3, 0.4) is 0 Å². The Hall–Kier alpha value is -2.17. The molecular formula is C15H20N4O. The molecule has 2 rings (SSSR count). The van der Waals surface area contributed by atoms with Crippen LogP contribution >= 0.6 is 0 Å². The molecule has 0 saturated carbocycles. The number of nitrogens with one attached hydrogen (secondary N) is 1. The number of aromatic nitrogens is 3. The van der Waals surface area contributed by atoms with E-state index in [1.165, 1.54) is 0 Å². The summed E-state index contributed by atoms with van der Waals surface area (Å²) in [6.45, 7) is 4.77. The lowest BCUT2D eigenvalue weighted by Crippen LogP contribution is -2.32. The first-order valence-corrected chi connectivity index (χ1v) is 6.83. The minimum absolute atomic E-state index is 0.00572. The van der Waals surface area contributed by atoms with Gasteiger partial charge in [-0.1, -0.05) is 19.9 Å². The molecule has 1 unspecified atom stereocenters. The molecule has 0 aliphatic carbocycles. The van der Waals surface area contributed by atoms with Gasteiger partial charge in [0.05, 0.1) is 6.04 Å². The molecule has 2 heterocycles. The lowest BCUT2D eigenvalue weighted by molar-refractivity contribution is -0.122. The second kappa shape index (κ2) is 6.84. The molecule has 0 fully saturated rings. The molecule has 0 spiro atoms. The number of aryl methyl sites for hydroxylation is 1. The van der Waals surface area contributed by atoms with E-state index in [4.69, 9.17) is 0 Å². The largest absolute Gasteiger partial charge is 0.349 e. The van der Waals surface area contributed by atoms with Crippen molar-refractivity contribution >= 4 is 5.91 Å². The summed E-state index contributed by atoms with van der Waals surface area (Å²) in [5.74, 6) is 0.343.